The lowest BCUT2D eigenvalue weighted by molar-refractivity contribution is 0.404. The van der Waals surface area contributed by atoms with Gasteiger partial charge in [-0.3, -0.25) is 0 Å². The third-order valence-corrected chi connectivity index (χ3v) is 3.19. The van der Waals surface area contributed by atoms with Crippen molar-refractivity contribution in [1.82, 2.24) is 5.32 Å². The van der Waals surface area contributed by atoms with E-state index in [9.17, 15) is 0 Å². The topological polar surface area (TPSA) is 21.3 Å². The minimum absolute atomic E-state index is 0.333. The van der Waals surface area contributed by atoms with Crippen molar-refractivity contribution in [3.63, 3.8) is 0 Å². The third kappa shape index (κ3) is 3.58. The van der Waals surface area contributed by atoms with Gasteiger partial charge in [0.2, 0.25) is 0 Å². The molecule has 0 aliphatic carbocycles. The molecule has 0 spiro atoms. The molecule has 88 valence electrons. The maximum atomic E-state index is 5.28. The Morgan fingerprint density at radius 2 is 2.31 bits per heavy atom. The first-order valence-electron chi connectivity index (χ1n) is 5.28. The molecule has 1 rings (SSSR count). The van der Waals surface area contributed by atoms with Crippen LogP contribution in [0.25, 0.3) is 0 Å². The molecule has 0 radical (unpaired) electrons. The predicted octanol–water partition coefficient (Wildman–Crippen LogP) is 3.08. The van der Waals surface area contributed by atoms with Gasteiger partial charge in [-0.05, 0) is 30.9 Å². The van der Waals surface area contributed by atoms with Crippen LogP contribution in [0.3, 0.4) is 0 Å². The van der Waals surface area contributed by atoms with Gasteiger partial charge >= 0.3 is 0 Å². The van der Waals surface area contributed by atoms with Crippen molar-refractivity contribution in [2.75, 3.05) is 13.4 Å². The molecule has 16 heavy (non-hydrogen) atoms. The average molecular weight is 237 g/mol. The first kappa shape index (κ1) is 13.1. The van der Waals surface area contributed by atoms with Crippen LogP contribution >= 0.6 is 11.8 Å². The number of thioether (sulfide) groups is 1. The lowest BCUT2D eigenvalue weighted by Gasteiger charge is -2.11. The minimum atomic E-state index is 0.333. The molecular weight excluding hydrogens is 218 g/mol. The SMILES string of the molecule is C=CC(C)NCc1ccc(OC)c(SC)c1. The highest BCUT2D eigenvalue weighted by Gasteiger charge is 2.03. The molecule has 1 N–H and O–H groups in total. The summed E-state index contributed by atoms with van der Waals surface area (Å²) in [4.78, 5) is 1.17. The molecule has 0 aromatic heterocycles. The van der Waals surface area contributed by atoms with E-state index in [2.05, 4.69) is 37.2 Å². The van der Waals surface area contributed by atoms with Crippen molar-refractivity contribution in [2.24, 2.45) is 0 Å². The molecule has 0 aliphatic rings. The molecule has 0 amide bonds. The van der Waals surface area contributed by atoms with E-state index in [0.29, 0.717) is 6.04 Å². The first-order valence-corrected chi connectivity index (χ1v) is 6.50. The molecule has 1 aromatic carbocycles. The van der Waals surface area contributed by atoms with Gasteiger partial charge in [-0.25, -0.2) is 0 Å². The van der Waals surface area contributed by atoms with E-state index in [1.54, 1.807) is 18.9 Å². The molecule has 1 aromatic rings. The highest BCUT2D eigenvalue weighted by atomic mass is 32.2. The van der Waals surface area contributed by atoms with E-state index in [1.165, 1.54) is 10.5 Å². The number of hydrogen-bond acceptors (Lipinski definition) is 3. The summed E-state index contributed by atoms with van der Waals surface area (Å²) in [6, 6.07) is 6.59. The van der Waals surface area contributed by atoms with Crippen LogP contribution in [-0.2, 0) is 6.54 Å². The van der Waals surface area contributed by atoms with Gasteiger partial charge in [0, 0.05) is 17.5 Å². The molecule has 0 saturated heterocycles. The number of benzene rings is 1. The lowest BCUT2D eigenvalue weighted by atomic mass is 10.2. The summed E-state index contributed by atoms with van der Waals surface area (Å²) in [5.41, 5.74) is 1.26. The normalized spacial score (nSPS) is 12.2. The van der Waals surface area contributed by atoms with E-state index in [-0.39, 0.29) is 0 Å². The number of ether oxygens (including phenoxy) is 1. The van der Waals surface area contributed by atoms with Gasteiger partial charge in [-0.15, -0.1) is 18.3 Å². The van der Waals surface area contributed by atoms with Gasteiger partial charge in [-0.2, -0.15) is 0 Å². The zero-order valence-corrected chi connectivity index (χ0v) is 10.9. The Bertz CT molecular complexity index is 352. The molecule has 1 unspecified atom stereocenters. The van der Waals surface area contributed by atoms with Crippen molar-refractivity contribution in [3.8, 4) is 5.75 Å². The van der Waals surface area contributed by atoms with E-state index >= 15 is 0 Å². The average Bonchev–Trinajstić information content (AvgIpc) is 2.35. The molecule has 3 heteroatoms. The second-order valence-electron chi connectivity index (χ2n) is 3.59. The van der Waals surface area contributed by atoms with Crippen LogP contribution in [0.4, 0.5) is 0 Å². The van der Waals surface area contributed by atoms with Crippen LogP contribution < -0.4 is 10.1 Å². The van der Waals surface area contributed by atoms with Crippen molar-refractivity contribution in [2.45, 2.75) is 24.4 Å². The Labute approximate surface area is 102 Å². The largest absolute Gasteiger partial charge is 0.496 e. The zero-order valence-electron chi connectivity index (χ0n) is 10.1. The Kier molecular flexibility index (Phi) is 5.43. The Balaban J connectivity index is 2.71. The highest BCUT2D eigenvalue weighted by molar-refractivity contribution is 7.98. The summed E-state index contributed by atoms with van der Waals surface area (Å²) >= 11 is 1.70. The molecule has 0 aliphatic heterocycles. The van der Waals surface area contributed by atoms with Gasteiger partial charge in [-0.1, -0.05) is 12.1 Å². The van der Waals surface area contributed by atoms with Gasteiger partial charge in [0.1, 0.15) is 5.75 Å². The van der Waals surface area contributed by atoms with Crippen LogP contribution in [0, 0.1) is 0 Å². The van der Waals surface area contributed by atoms with E-state index < -0.39 is 0 Å². The molecular formula is C13H19NOS. The monoisotopic (exact) mass is 237 g/mol. The molecule has 0 heterocycles. The van der Waals surface area contributed by atoms with Crippen LogP contribution in [0.5, 0.6) is 5.75 Å². The van der Waals surface area contributed by atoms with Crippen molar-refractivity contribution in [3.05, 3.63) is 36.4 Å². The van der Waals surface area contributed by atoms with Gasteiger partial charge in [0.15, 0.2) is 0 Å². The fourth-order valence-corrected chi connectivity index (χ4v) is 1.97. The summed E-state index contributed by atoms with van der Waals surface area (Å²) in [6.07, 6.45) is 3.96. The van der Waals surface area contributed by atoms with E-state index in [1.807, 2.05) is 12.1 Å². The number of hydrogen-bond donors (Lipinski definition) is 1. The number of methoxy groups -OCH3 is 1. The lowest BCUT2D eigenvalue weighted by Crippen LogP contribution is -2.22. The molecule has 1 atom stereocenters. The number of rotatable bonds is 6. The predicted molar refractivity (Wildman–Crippen MR) is 71.3 cm³/mol. The summed E-state index contributed by atoms with van der Waals surface area (Å²) in [7, 11) is 1.70. The van der Waals surface area contributed by atoms with Gasteiger partial charge < -0.3 is 10.1 Å². The first-order chi connectivity index (χ1) is 7.71. The molecule has 0 saturated carbocycles. The second kappa shape index (κ2) is 6.61. The van der Waals surface area contributed by atoms with Gasteiger partial charge in [0.05, 0.1) is 7.11 Å². The van der Waals surface area contributed by atoms with Crippen LogP contribution in [0.1, 0.15) is 12.5 Å². The highest BCUT2D eigenvalue weighted by Crippen LogP contribution is 2.28. The maximum absolute atomic E-state index is 5.28. The molecule has 0 fully saturated rings. The third-order valence-electron chi connectivity index (χ3n) is 2.43. The molecule has 0 bridgehead atoms. The maximum Gasteiger partial charge on any atom is 0.132 e. The summed E-state index contributed by atoms with van der Waals surface area (Å²) in [6.45, 7) is 6.69. The minimum Gasteiger partial charge on any atom is -0.496 e. The Morgan fingerprint density at radius 1 is 1.56 bits per heavy atom. The smallest absolute Gasteiger partial charge is 0.132 e. The van der Waals surface area contributed by atoms with E-state index in [4.69, 9.17) is 4.74 Å². The van der Waals surface area contributed by atoms with Crippen molar-refractivity contribution in [1.29, 1.82) is 0 Å². The number of nitrogens with one attached hydrogen (secondary N) is 1. The van der Waals surface area contributed by atoms with Gasteiger partial charge in [0.25, 0.3) is 0 Å². The second-order valence-corrected chi connectivity index (χ2v) is 4.44. The quantitative estimate of drug-likeness (QED) is 0.607. The summed E-state index contributed by atoms with van der Waals surface area (Å²) in [5.74, 6) is 0.938. The fraction of sp³-hybridized carbons (Fsp3) is 0.385. The fourth-order valence-electron chi connectivity index (χ4n) is 1.35. The summed E-state index contributed by atoms with van der Waals surface area (Å²) in [5, 5.41) is 3.37. The molecule has 2 nitrogen and oxygen atoms in total. The van der Waals surface area contributed by atoms with Crippen LogP contribution in [0.15, 0.2) is 35.7 Å². The van der Waals surface area contributed by atoms with Crippen LogP contribution in [0.2, 0.25) is 0 Å². The Morgan fingerprint density at radius 3 is 2.88 bits per heavy atom. The van der Waals surface area contributed by atoms with Crippen LogP contribution in [-0.4, -0.2) is 19.4 Å². The Hall–Kier alpha value is -0.930. The van der Waals surface area contributed by atoms with Crippen molar-refractivity contribution < 1.29 is 4.74 Å². The zero-order chi connectivity index (χ0) is 12.0. The van der Waals surface area contributed by atoms with E-state index in [0.717, 1.165) is 12.3 Å². The van der Waals surface area contributed by atoms with Crippen molar-refractivity contribution >= 4 is 11.8 Å². The standard InChI is InChI=1S/C13H19NOS/c1-5-10(2)14-9-11-6-7-12(15-3)13(8-11)16-4/h5-8,10,14H,1,9H2,2-4H3. The summed E-state index contributed by atoms with van der Waals surface area (Å²) < 4.78 is 5.28.